The second-order valence-electron chi connectivity index (χ2n) is 9.68. The van der Waals surface area contributed by atoms with E-state index < -0.39 is 23.6 Å². The van der Waals surface area contributed by atoms with Crippen LogP contribution >= 0.6 is 11.6 Å². The van der Waals surface area contributed by atoms with E-state index in [4.69, 9.17) is 25.6 Å². The molecule has 1 aliphatic heterocycles. The summed E-state index contributed by atoms with van der Waals surface area (Å²) in [7, 11) is 0. The molecule has 0 aliphatic carbocycles. The smallest absolute Gasteiger partial charge is 0.412 e. The van der Waals surface area contributed by atoms with Gasteiger partial charge in [-0.05, 0) is 67.1 Å². The number of aryl methyl sites for hydroxylation is 1. The molecule has 1 amide bonds. The third-order valence-corrected chi connectivity index (χ3v) is 7.53. The first-order chi connectivity index (χ1) is 19.3. The number of hydrogen-bond acceptors (Lipinski definition) is 6. The molecule has 5 rings (SSSR count). The summed E-state index contributed by atoms with van der Waals surface area (Å²) in [5.74, 6) is 5.59. The molecule has 1 aromatic heterocycles. The summed E-state index contributed by atoms with van der Waals surface area (Å²) >= 11 is 6.21. The first-order valence-corrected chi connectivity index (χ1v) is 13.2. The second kappa shape index (κ2) is 11.4. The van der Waals surface area contributed by atoms with Gasteiger partial charge in [-0.1, -0.05) is 65.1 Å². The molecule has 204 valence electrons. The summed E-state index contributed by atoms with van der Waals surface area (Å²) in [5.41, 5.74) is 1.84. The lowest BCUT2D eigenvalue weighted by molar-refractivity contribution is -0.147. The Morgan fingerprint density at radius 1 is 1.07 bits per heavy atom. The fraction of sp³-hybridized carbons (Fsp3) is 0.258. The maximum absolute atomic E-state index is 12.6. The standard InChI is InChI=1S/C31H27ClN2O6/c1-19(25-5-3-4-6-26(25)32)39-30(37)33-28-20(2)40-34-27(28)12-8-21-7-9-23-18-24(11-10-22(23)17-21)31(29(35)36)13-15-38-16-14-31/h3-7,9-11,17-19H,13-16H2,1-2H3,(H,33,37)(H,35,36). The van der Waals surface area contributed by atoms with E-state index in [2.05, 4.69) is 22.3 Å². The lowest BCUT2D eigenvalue weighted by atomic mass is 9.74. The van der Waals surface area contributed by atoms with Crippen LogP contribution in [0.2, 0.25) is 5.02 Å². The number of nitrogens with one attached hydrogen (secondary N) is 1. The number of fused-ring (bicyclic) bond motifs is 1. The molecule has 0 spiro atoms. The molecule has 1 unspecified atom stereocenters. The van der Waals surface area contributed by atoms with Gasteiger partial charge in [-0.15, -0.1) is 0 Å². The number of hydrogen-bond donors (Lipinski definition) is 2. The lowest BCUT2D eigenvalue weighted by Gasteiger charge is -2.33. The molecule has 0 radical (unpaired) electrons. The van der Waals surface area contributed by atoms with E-state index in [0.717, 1.165) is 21.9 Å². The Morgan fingerprint density at radius 2 is 1.80 bits per heavy atom. The molecule has 1 atom stereocenters. The van der Waals surface area contributed by atoms with Crippen molar-refractivity contribution in [1.82, 2.24) is 5.16 Å². The van der Waals surface area contributed by atoms with Crippen LogP contribution in [-0.2, 0) is 19.7 Å². The minimum atomic E-state index is -0.939. The van der Waals surface area contributed by atoms with Crippen molar-refractivity contribution in [3.63, 3.8) is 0 Å². The first-order valence-electron chi connectivity index (χ1n) is 12.8. The number of aliphatic carboxylic acids is 1. The number of aromatic nitrogens is 1. The molecule has 1 saturated heterocycles. The van der Waals surface area contributed by atoms with Crippen LogP contribution in [0.15, 0.2) is 65.2 Å². The predicted octanol–water partition coefficient (Wildman–Crippen LogP) is 6.63. The predicted molar refractivity (Wildman–Crippen MR) is 151 cm³/mol. The highest BCUT2D eigenvalue weighted by Crippen LogP contribution is 2.37. The maximum Gasteiger partial charge on any atom is 0.412 e. The van der Waals surface area contributed by atoms with Gasteiger partial charge in [0.1, 0.15) is 11.8 Å². The van der Waals surface area contributed by atoms with Crippen LogP contribution in [0.25, 0.3) is 10.8 Å². The number of carbonyl (C=O) groups is 2. The van der Waals surface area contributed by atoms with Crippen molar-refractivity contribution in [1.29, 1.82) is 0 Å². The number of carbonyl (C=O) groups excluding carboxylic acids is 1. The third-order valence-electron chi connectivity index (χ3n) is 7.19. The summed E-state index contributed by atoms with van der Waals surface area (Å²) < 4.78 is 16.2. The fourth-order valence-electron chi connectivity index (χ4n) is 4.86. The zero-order chi connectivity index (χ0) is 28.3. The van der Waals surface area contributed by atoms with E-state index in [-0.39, 0.29) is 5.69 Å². The molecular weight excluding hydrogens is 532 g/mol. The number of amides is 1. The normalized spacial score (nSPS) is 15.1. The topological polar surface area (TPSA) is 111 Å². The Labute approximate surface area is 236 Å². The highest BCUT2D eigenvalue weighted by molar-refractivity contribution is 6.31. The van der Waals surface area contributed by atoms with Gasteiger partial charge >= 0.3 is 12.1 Å². The maximum atomic E-state index is 12.6. The van der Waals surface area contributed by atoms with Crippen LogP contribution in [-0.4, -0.2) is 35.5 Å². The highest BCUT2D eigenvalue weighted by atomic mass is 35.5. The number of halogens is 1. The van der Waals surface area contributed by atoms with Gasteiger partial charge in [0.15, 0.2) is 11.5 Å². The summed E-state index contributed by atoms with van der Waals surface area (Å²) in [6.45, 7) is 4.25. The van der Waals surface area contributed by atoms with Crippen molar-refractivity contribution in [2.24, 2.45) is 0 Å². The summed E-state index contributed by atoms with van der Waals surface area (Å²) in [5, 5.41) is 19.0. The van der Waals surface area contributed by atoms with Gasteiger partial charge in [-0.2, -0.15) is 0 Å². The molecule has 4 aromatic rings. The molecule has 1 fully saturated rings. The summed E-state index contributed by atoms with van der Waals surface area (Å²) in [4.78, 5) is 24.8. The van der Waals surface area contributed by atoms with Gasteiger partial charge in [0.05, 0.1) is 5.41 Å². The van der Waals surface area contributed by atoms with Gasteiger partial charge in [-0.3, -0.25) is 10.1 Å². The largest absolute Gasteiger partial charge is 0.481 e. The van der Waals surface area contributed by atoms with E-state index in [1.54, 1.807) is 32.0 Å². The number of ether oxygens (including phenoxy) is 2. The Bertz CT molecular complexity index is 1640. The molecule has 8 nitrogen and oxygen atoms in total. The Morgan fingerprint density at radius 3 is 2.55 bits per heavy atom. The molecule has 2 heterocycles. The molecular formula is C31H27ClN2O6. The van der Waals surface area contributed by atoms with Gasteiger partial charge in [0.2, 0.25) is 0 Å². The molecule has 9 heteroatoms. The monoisotopic (exact) mass is 558 g/mol. The van der Waals surface area contributed by atoms with Crippen molar-refractivity contribution in [2.45, 2.75) is 38.2 Å². The van der Waals surface area contributed by atoms with Gasteiger partial charge in [0.25, 0.3) is 0 Å². The average Bonchev–Trinajstić information content (AvgIpc) is 3.30. The van der Waals surface area contributed by atoms with E-state index in [1.165, 1.54) is 0 Å². The Hall–Kier alpha value is -4.32. The van der Waals surface area contributed by atoms with E-state index in [9.17, 15) is 14.7 Å². The van der Waals surface area contributed by atoms with Crippen LogP contribution in [0.5, 0.6) is 0 Å². The zero-order valence-corrected chi connectivity index (χ0v) is 22.7. The molecule has 0 bridgehead atoms. The van der Waals surface area contributed by atoms with Crippen molar-refractivity contribution >= 4 is 40.1 Å². The SMILES string of the molecule is Cc1onc(C#Cc2ccc3cc(C4(C(=O)O)CCOCC4)ccc3c2)c1NC(=O)OC(C)c1ccccc1Cl. The second-order valence-corrected chi connectivity index (χ2v) is 10.1. The first kappa shape index (κ1) is 27.3. The summed E-state index contributed by atoms with van der Waals surface area (Å²) in [6, 6.07) is 18.6. The van der Waals surface area contributed by atoms with Crippen molar-refractivity contribution in [2.75, 3.05) is 18.5 Å². The number of carboxylic acids is 1. The van der Waals surface area contributed by atoms with E-state index >= 15 is 0 Å². The van der Waals surface area contributed by atoms with Crippen molar-refractivity contribution in [3.05, 3.63) is 93.8 Å². The van der Waals surface area contributed by atoms with Crippen LogP contribution in [0, 0.1) is 18.8 Å². The lowest BCUT2D eigenvalue weighted by Crippen LogP contribution is -2.41. The minimum Gasteiger partial charge on any atom is -0.481 e. The Kier molecular flexibility index (Phi) is 7.78. The minimum absolute atomic E-state index is 0.262. The van der Waals surface area contributed by atoms with Gasteiger partial charge in [0, 0.05) is 29.4 Å². The van der Waals surface area contributed by atoms with Gasteiger partial charge < -0.3 is 19.1 Å². The number of carboxylic acid groups (broad SMARTS) is 1. The zero-order valence-electron chi connectivity index (χ0n) is 22.0. The molecule has 1 aliphatic rings. The van der Waals surface area contributed by atoms with Crippen LogP contribution in [0.4, 0.5) is 10.5 Å². The Balaban J connectivity index is 1.33. The van der Waals surface area contributed by atoms with E-state index in [0.29, 0.717) is 48.1 Å². The number of benzene rings is 3. The van der Waals surface area contributed by atoms with Crippen molar-refractivity contribution < 1.29 is 28.7 Å². The quantitative estimate of drug-likeness (QED) is 0.264. The number of anilines is 1. The molecule has 0 saturated carbocycles. The van der Waals surface area contributed by atoms with Crippen LogP contribution in [0.1, 0.15) is 54.0 Å². The fourth-order valence-corrected chi connectivity index (χ4v) is 5.15. The van der Waals surface area contributed by atoms with E-state index in [1.807, 2.05) is 42.5 Å². The summed E-state index contributed by atoms with van der Waals surface area (Å²) in [6.07, 6.45) is -0.375. The number of nitrogens with zero attached hydrogens (tertiary/aromatic N) is 1. The molecule has 2 N–H and O–H groups in total. The van der Waals surface area contributed by atoms with Crippen LogP contribution in [0.3, 0.4) is 0 Å². The van der Waals surface area contributed by atoms with Gasteiger partial charge in [-0.25, -0.2) is 4.79 Å². The highest BCUT2D eigenvalue weighted by Gasteiger charge is 2.41. The molecule has 3 aromatic carbocycles. The molecule has 40 heavy (non-hydrogen) atoms. The number of rotatable bonds is 5. The van der Waals surface area contributed by atoms with Crippen molar-refractivity contribution in [3.8, 4) is 11.8 Å². The third kappa shape index (κ3) is 5.53. The average molecular weight is 559 g/mol. The van der Waals surface area contributed by atoms with Crippen LogP contribution < -0.4 is 5.32 Å².